The lowest BCUT2D eigenvalue weighted by Crippen LogP contribution is -2.10. The summed E-state index contributed by atoms with van der Waals surface area (Å²) in [4.78, 5) is 0. The van der Waals surface area contributed by atoms with E-state index in [0.717, 1.165) is 4.43 Å². The van der Waals surface area contributed by atoms with Crippen molar-refractivity contribution >= 4 is 22.6 Å². The van der Waals surface area contributed by atoms with Gasteiger partial charge in [-0.2, -0.15) is 0 Å². The molecule has 0 saturated heterocycles. The fourth-order valence-electron chi connectivity index (χ4n) is 1.28. The maximum Gasteiger partial charge on any atom is 0.0915 e. The highest BCUT2D eigenvalue weighted by molar-refractivity contribution is 14.1. The molecular formula is C12H17IO2. The van der Waals surface area contributed by atoms with Gasteiger partial charge in [-0.25, -0.2) is 0 Å². The summed E-state index contributed by atoms with van der Waals surface area (Å²) in [5.74, 6) is 0. The molecule has 0 radical (unpaired) electrons. The van der Waals surface area contributed by atoms with Gasteiger partial charge in [0.1, 0.15) is 0 Å². The van der Waals surface area contributed by atoms with Crippen LogP contribution in [0, 0.1) is 6.92 Å². The van der Waals surface area contributed by atoms with Gasteiger partial charge >= 0.3 is 0 Å². The van der Waals surface area contributed by atoms with Crippen LogP contribution in [0.1, 0.15) is 17.2 Å². The Morgan fingerprint density at radius 3 is 2.40 bits per heavy atom. The number of ether oxygens (including phenoxy) is 2. The summed E-state index contributed by atoms with van der Waals surface area (Å²) in [6.45, 7) is 3.39. The zero-order valence-electron chi connectivity index (χ0n) is 9.20. The van der Waals surface area contributed by atoms with Gasteiger partial charge in [0.05, 0.1) is 19.3 Å². The Bertz CT molecular complexity index is 271. The first-order valence-electron chi connectivity index (χ1n) is 5.01. The summed E-state index contributed by atoms with van der Waals surface area (Å²) < 4.78 is 11.7. The highest BCUT2D eigenvalue weighted by Crippen LogP contribution is 2.20. The molecule has 0 N–H and O–H groups in total. The minimum atomic E-state index is 0.182. The van der Waals surface area contributed by atoms with Gasteiger partial charge in [-0.3, -0.25) is 0 Å². The van der Waals surface area contributed by atoms with Crippen molar-refractivity contribution in [2.24, 2.45) is 0 Å². The number of halogens is 1. The number of benzene rings is 1. The van der Waals surface area contributed by atoms with E-state index in [-0.39, 0.29) is 6.10 Å². The van der Waals surface area contributed by atoms with Gasteiger partial charge in [0.25, 0.3) is 0 Å². The molecule has 2 nitrogen and oxygen atoms in total. The summed E-state index contributed by atoms with van der Waals surface area (Å²) >= 11 is 2.35. The van der Waals surface area contributed by atoms with Crippen LogP contribution in [-0.2, 0) is 9.47 Å². The molecule has 0 fully saturated rings. The molecule has 0 aliphatic rings. The maximum atomic E-state index is 5.73. The van der Waals surface area contributed by atoms with E-state index in [4.69, 9.17) is 9.47 Å². The molecule has 1 aromatic rings. The van der Waals surface area contributed by atoms with E-state index >= 15 is 0 Å². The SMILES string of the molecule is COCCOC(CI)c1ccc(C)cc1. The first kappa shape index (κ1) is 12.9. The molecule has 1 atom stereocenters. The average molecular weight is 320 g/mol. The van der Waals surface area contributed by atoms with Crippen LogP contribution in [0.5, 0.6) is 0 Å². The van der Waals surface area contributed by atoms with Crippen molar-refractivity contribution in [2.45, 2.75) is 13.0 Å². The van der Waals surface area contributed by atoms with Crippen molar-refractivity contribution in [2.75, 3.05) is 24.8 Å². The van der Waals surface area contributed by atoms with Crippen molar-refractivity contribution in [3.05, 3.63) is 35.4 Å². The highest BCUT2D eigenvalue weighted by atomic mass is 127. The third-order valence-corrected chi connectivity index (χ3v) is 3.00. The Labute approximate surface area is 105 Å². The summed E-state index contributed by atoms with van der Waals surface area (Å²) in [6.07, 6.45) is 0.182. The maximum absolute atomic E-state index is 5.73. The van der Waals surface area contributed by atoms with Crippen LogP contribution in [0.4, 0.5) is 0 Å². The highest BCUT2D eigenvalue weighted by Gasteiger charge is 2.09. The second kappa shape index (κ2) is 7.19. The third-order valence-electron chi connectivity index (χ3n) is 2.20. The molecule has 0 aliphatic heterocycles. The Kier molecular flexibility index (Phi) is 6.20. The summed E-state index contributed by atoms with van der Waals surface area (Å²) in [5.41, 5.74) is 2.52. The van der Waals surface area contributed by atoms with Crippen LogP contribution in [0.3, 0.4) is 0 Å². The van der Waals surface area contributed by atoms with Crippen molar-refractivity contribution < 1.29 is 9.47 Å². The van der Waals surface area contributed by atoms with Crippen LogP contribution in [-0.4, -0.2) is 24.8 Å². The first-order chi connectivity index (χ1) is 7.27. The molecule has 0 heterocycles. The van der Waals surface area contributed by atoms with Crippen LogP contribution in [0.15, 0.2) is 24.3 Å². The topological polar surface area (TPSA) is 18.5 Å². The third kappa shape index (κ3) is 4.49. The molecule has 0 saturated carbocycles. The molecule has 1 rings (SSSR count). The smallest absolute Gasteiger partial charge is 0.0915 e. The summed E-state index contributed by atoms with van der Waals surface area (Å²) in [7, 11) is 1.69. The molecule has 84 valence electrons. The molecule has 0 aliphatic carbocycles. The Hall–Kier alpha value is -0.130. The van der Waals surface area contributed by atoms with E-state index in [9.17, 15) is 0 Å². The standard InChI is InChI=1S/C12H17IO2/c1-10-3-5-11(6-4-10)12(9-13)15-8-7-14-2/h3-6,12H,7-9H2,1-2H3. The number of hydrogen-bond donors (Lipinski definition) is 0. The van der Waals surface area contributed by atoms with Gasteiger partial charge in [0.2, 0.25) is 0 Å². The number of methoxy groups -OCH3 is 1. The number of alkyl halides is 1. The van der Waals surface area contributed by atoms with E-state index in [1.807, 2.05) is 0 Å². The largest absolute Gasteiger partial charge is 0.382 e. The zero-order valence-corrected chi connectivity index (χ0v) is 11.4. The molecule has 0 amide bonds. The lowest BCUT2D eigenvalue weighted by atomic mass is 10.1. The minimum Gasteiger partial charge on any atom is -0.382 e. The Morgan fingerprint density at radius 2 is 1.87 bits per heavy atom. The van der Waals surface area contributed by atoms with Gasteiger partial charge in [-0.15, -0.1) is 0 Å². The molecule has 1 aromatic carbocycles. The molecule has 3 heteroatoms. The van der Waals surface area contributed by atoms with Crippen molar-refractivity contribution in [3.8, 4) is 0 Å². The zero-order chi connectivity index (χ0) is 11.1. The van der Waals surface area contributed by atoms with Gasteiger partial charge in [-0.05, 0) is 12.5 Å². The monoisotopic (exact) mass is 320 g/mol. The van der Waals surface area contributed by atoms with E-state index in [0.29, 0.717) is 13.2 Å². The van der Waals surface area contributed by atoms with Crippen LogP contribution < -0.4 is 0 Å². The number of hydrogen-bond acceptors (Lipinski definition) is 2. The van der Waals surface area contributed by atoms with Gasteiger partial charge in [-0.1, -0.05) is 52.4 Å². The summed E-state index contributed by atoms with van der Waals surface area (Å²) in [6, 6.07) is 8.50. The lowest BCUT2D eigenvalue weighted by molar-refractivity contribution is 0.0292. The fourth-order valence-corrected chi connectivity index (χ4v) is 2.05. The van der Waals surface area contributed by atoms with Gasteiger partial charge < -0.3 is 9.47 Å². The molecular weight excluding hydrogens is 303 g/mol. The summed E-state index contributed by atoms with van der Waals surface area (Å²) in [5, 5.41) is 0. The molecule has 0 aromatic heterocycles. The Balaban J connectivity index is 2.53. The fraction of sp³-hybridized carbons (Fsp3) is 0.500. The Morgan fingerprint density at radius 1 is 1.20 bits per heavy atom. The second-order valence-corrected chi connectivity index (χ2v) is 4.30. The normalized spacial score (nSPS) is 12.7. The van der Waals surface area contributed by atoms with Crippen LogP contribution >= 0.6 is 22.6 Å². The number of rotatable bonds is 6. The molecule has 0 spiro atoms. The lowest BCUT2D eigenvalue weighted by Gasteiger charge is -2.15. The average Bonchev–Trinajstić information content (AvgIpc) is 2.26. The van der Waals surface area contributed by atoms with Crippen LogP contribution in [0.2, 0.25) is 0 Å². The quantitative estimate of drug-likeness (QED) is 0.455. The molecule has 0 bridgehead atoms. The molecule has 1 unspecified atom stereocenters. The van der Waals surface area contributed by atoms with Crippen LogP contribution in [0.25, 0.3) is 0 Å². The molecule has 15 heavy (non-hydrogen) atoms. The van der Waals surface area contributed by atoms with E-state index in [2.05, 4.69) is 53.8 Å². The minimum absolute atomic E-state index is 0.182. The van der Waals surface area contributed by atoms with E-state index in [1.165, 1.54) is 11.1 Å². The second-order valence-electron chi connectivity index (χ2n) is 3.42. The van der Waals surface area contributed by atoms with Crippen molar-refractivity contribution in [1.29, 1.82) is 0 Å². The first-order valence-corrected chi connectivity index (χ1v) is 6.53. The van der Waals surface area contributed by atoms with Crippen molar-refractivity contribution in [3.63, 3.8) is 0 Å². The van der Waals surface area contributed by atoms with Crippen molar-refractivity contribution in [1.82, 2.24) is 0 Å². The van der Waals surface area contributed by atoms with Gasteiger partial charge in [0.15, 0.2) is 0 Å². The van der Waals surface area contributed by atoms with E-state index in [1.54, 1.807) is 7.11 Å². The van der Waals surface area contributed by atoms with Gasteiger partial charge in [0, 0.05) is 11.5 Å². The predicted octanol–water partition coefficient (Wildman–Crippen LogP) is 3.13. The predicted molar refractivity (Wildman–Crippen MR) is 70.6 cm³/mol. The number of aryl methyl sites for hydroxylation is 1. The van der Waals surface area contributed by atoms with E-state index < -0.39 is 0 Å².